The molecule has 0 aliphatic carbocycles. The van der Waals surface area contributed by atoms with E-state index in [0.717, 1.165) is 4.47 Å². The third-order valence-corrected chi connectivity index (χ3v) is 3.40. The van der Waals surface area contributed by atoms with Crippen molar-refractivity contribution in [2.24, 2.45) is 0 Å². The lowest BCUT2D eigenvalue weighted by atomic mass is 10.1. The Balaban J connectivity index is 2.32. The van der Waals surface area contributed by atoms with Crippen LogP contribution in [0.2, 0.25) is 0 Å². The Morgan fingerprint density at radius 1 is 1.13 bits per heavy atom. The molecular weight excluding hydrogens is 274 g/mol. The molecule has 2 aromatic rings. The second-order valence-electron chi connectivity index (χ2n) is 3.04. The largest absolute Gasteiger partial charge is 0.391 e. The molecule has 0 saturated carbocycles. The molecule has 1 heterocycles. The van der Waals surface area contributed by atoms with Gasteiger partial charge >= 0.3 is 0 Å². The number of benzene rings is 1. The molecule has 0 aliphatic heterocycles. The number of hydrogen-bond acceptors (Lipinski definition) is 3. The minimum Gasteiger partial charge on any atom is -0.391 e. The molecule has 0 aliphatic rings. The Bertz CT molecular complexity index is 490. The Kier molecular flexibility index (Phi) is 2.88. The predicted molar refractivity (Wildman–Crippen MR) is 66.3 cm³/mol. The predicted octanol–water partition coefficient (Wildman–Crippen LogP) is 3.32. The molecule has 1 aromatic carbocycles. The van der Waals surface area contributed by atoms with Gasteiger partial charge in [0, 0.05) is 10.0 Å². The van der Waals surface area contributed by atoms with E-state index < -0.39 is 0 Å². The minimum absolute atomic E-state index is 0.0178. The summed E-state index contributed by atoms with van der Waals surface area (Å²) in [5.41, 5.74) is 6.26. The number of carbonyl (C=O) groups is 1. The molecule has 0 saturated heterocycles. The van der Waals surface area contributed by atoms with Crippen LogP contribution in [0.3, 0.4) is 0 Å². The number of thiophene rings is 1. The molecule has 0 fully saturated rings. The van der Waals surface area contributed by atoms with Gasteiger partial charge in [-0.15, -0.1) is 11.3 Å². The summed E-state index contributed by atoms with van der Waals surface area (Å²) in [6, 6.07) is 10.8. The fourth-order valence-electron chi connectivity index (χ4n) is 1.22. The number of nitrogens with two attached hydrogens (primary N) is 1. The Hall–Kier alpha value is -1.13. The fraction of sp³-hybridized carbons (Fsp3) is 0. The zero-order chi connectivity index (χ0) is 10.8. The summed E-state index contributed by atoms with van der Waals surface area (Å²) < 4.78 is 0.963. The highest BCUT2D eigenvalue weighted by atomic mass is 79.9. The SMILES string of the molecule is Nc1ccc(C(=O)c2ccc(Br)cc2)s1. The molecule has 0 spiro atoms. The van der Waals surface area contributed by atoms with Gasteiger partial charge in [0.2, 0.25) is 5.78 Å². The van der Waals surface area contributed by atoms with Crippen LogP contribution in [0, 0.1) is 0 Å². The molecule has 2 rings (SSSR count). The van der Waals surface area contributed by atoms with Crippen LogP contribution in [0.25, 0.3) is 0 Å². The van der Waals surface area contributed by atoms with Crippen LogP contribution in [-0.2, 0) is 0 Å². The number of ketones is 1. The average Bonchev–Trinajstić information content (AvgIpc) is 2.65. The quantitative estimate of drug-likeness (QED) is 0.858. The van der Waals surface area contributed by atoms with E-state index in [0.29, 0.717) is 15.4 Å². The smallest absolute Gasteiger partial charge is 0.203 e. The van der Waals surface area contributed by atoms with Gasteiger partial charge < -0.3 is 5.73 Å². The lowest BCUT2D eigenvalue weighted by Gasteiger charge is -1.97. The van der Waals surface area contributed by atoms with E-state index in [1.54, 1.807) is 24.3 Å². The molecule has 0 unspecified atom stereocenters. The maximum absolute atomic E-state index is 11.9. The molecule has 15 heavy (non-hydrogen) atoms. The average molecular weight is 282 g/mol. The van der Waals surface area contributed by atoms with Gasteiger partial charge in [0.25, 0.3) is 0 Å². The van der Waals surface area contributed by atoms with Crippen LogP contribution in [0.15, 0.2) is 40.9 Å². The van der Waals surface area contributed by atoms with Gasteiger partial charge in [-0.1, -0.05) is 15.9 Å². The number of nitrogen functional groups attached to an aromatic ring is 1. The molecule has 0 bridgehead atoms. The molecule has 76 valence electrons. The summed E-state index contributed by atoms with van der Waals surface area (Å²) in [6.45, 7) is 0. The first-order valence-corrected chi connectivity index (χ1v) is 5.93. The highest BCUT2D eigenvalue weighted by Crippen LogP contribution is 2.22. The van der Waals surface area contributed by atoms with E-state index in [4.69, 9.17) is 5.73 Å². The first kappa shape index (κ1) is 10.4. The first-order chi connectivity index (χ1) is 7.16. The third-order valence-electron chi connectivity index (χ3n) is 1.96. The van der Waals surface area contributed by atoms with E-state index in [1.807, 2.05) is 12.1 Å². The molecule has 0 radical (unpaired) electrons. The van der Waals surface area contributed by atoms with Crippen molar-refractivity contribution in [3.63, 3.8) is 0 Å². The summed E-state index contributed by atoms with van der Waals surface area (Å²) in [6.07, 6.45) is 0. The van der Waals surface area contributed by atoms with Crippen LogP contribution < -0.4 is 5.73 Å². The van der Waals surface area contributed by atoms with E-state index in [1.165, 1.54) is 11.3 Å². The molecule has 2 N–H and O–H groups in total. The Morgan fingerprint density at radius 3 is 2.33 bits per heavy atom. The van der Waals surface area contributed by atoms with Gasteiger partial charge in [-0.3, -0.25) is 4.79 Å². The van der Waals surface area contributed by atoms with E-state index in [-0.39, 0.29) is 5.78 Å². The van der Waals surface area contributed by atoms with Crippen molar-refractivity contribution in [3.05, 3.63) is 51.3 Å². The third kappa shape index (κ3) is 2.27. The summed E-state index contributed by atoms with van der Waals surface area (Å²) >= 11 is 4.64. The lowest BCUT2D eigenvalue weighted by Crippen LogP contribution is -1.97. The number of rotatable bonds is 2. The van der Waals surface area contributed by atoms with Crippen LogP contribution >= 0.6 is 27.3 Å². The Morgan fingerprint density at radius 2 is 1.80 bits per heavy atom. The molecule has 0 atom stereocenters. The summed E-state index contributed by atoms with van der Waals surface area (Å²) in [5.74, 6) is 0.0178. The second kappa shape index (κ2) is 4.16. The fourth-order valence-corrected chi connectivity index (χ4v) is 2.22. The highest BCUT2D eigenvalue weighted by molar-refractivity contribution is 9.10. The molecule has 1 aromatic heterocycles. The monoisotopic (exact) mass is 281 g/mol. The van der Waals surface area contributed by atoms with Gasteiger partial charge in [0.15, 0.2) is 0 Å². The summed E-state index contributed by atoms with van der Waals surface area (Å²) in [5, 5.41) is 0.662. The van der Waals surface area contributed by atoms with Crippen molar-refractivity contribution >= 4 is 38.1 Å². The highest BCUT2D eigenvalue weighted by Gasteiger charge is 2.10. The molecular formula is C11H8BrNOS. The molecule has 4 heteroatoms. The number of halogens is 1. The van der Waals surface area contributed by atoms with Crippen LogP contribution in [0.1, 0.15) is 15.2 Å². The number of hydrogen-bond donors (Lipinski definition) is 1. The standard InChI is InChI=1S/C11H8BrNOS/c12-8-3-1-7(2-4-8)11(14)9-5-6-10(13)15-9/h1-6H,13H2. The first-order valence-electron chi connectivity index (χ1n) is 4.32. The van der Waals surface area contributed by atoms with Gasteiger partial charge in [0.1, 0.15) is 0 Å². The summed E-state index contributed by atoms with van der Waals surface area (Å²) in [7, 11) is 0. The van der Waals surface area contributed by atoms with Gasteiger partial charge in [0.05, 0.1) is 9.88 Å². The number of anilines is 1. The topological polar surface area (TPSA) is 43.1 Å². The molecule has 2 nitrogen and oxygen atoms in total. The van der Waals surface area contributed by atoms with E-state index in [9.17, 15) is 4.79 Å². The van der Waals surface area contributed by atoms with Gasteiger partial charge in [-0.05, 0) is 36.4 Å². The number of carbonyl (C=O) groups excluding carboxylic acids is 1. The second-order valence-corrected chi connectivity index (χ2v) is 5.07. The van der Waals surface area contributed by atoms with Gasteiger partial charge in [-0.2, -0.15) is 0 Å². The summed E-state index contributed by atoms with van der Waals surface area (Å²) in [4.78, 5) is 12.6. The molecule has 0 amide bonds. The van der Waals surface area contributed by atoms with Crippen molar-refractivity contribution < 1.29 is 4.79 Å². The zero-order valence-corrected chi connectivity index (χ0v) is 10.1. The van der Waals surface area contributed by atoms with Crippen molar-refractivity contribution in [1.82, 2.24) is 0 Å². The maximum Gasteiger partial charge on any atom is 0.203 e. The zero-order valence-electron chi connectivity index (χ0n) is 7.74. The minimum atomic E-state index is 0.0178. The Labute approximate surface area is 99.9 Å². The van der Waals surface area contributed by atoms with E-state index >= 15 is 0 Å². The van der Waals surface area contributed by atoms with Crippen LogP contribution in [0.4, 0.5) is 5.00 Å². The van der Waals surface area contributed by atoms with Crippen molar-refractivity contribution in [1.29, 1.82) is 0 Å². The van der Waals surface area contributed by atoms with Crippen molar-refractivity contribution in [3.8, 4) is 0 Å². The normalized spacial score (nSPS) is 10.2. The lowest BCUT2D eigenvalue weighted by molar-refractivity contribution is 0.104. The van der Waals surface area contributed by atoms with E-state index in [2.05, 4.69) is 15.9 Å². The van der Waals surface area contributed by atoms with Crippen LogP contribution in [0.5, 0.6) is 0 Å². The maximum atomic E-state index is 11.9. The van der Waals surface area contributed by atoms with Crippen LogP contribution in [-0.4, -0.2) is 5.78 Å². The van der Waals surface area contributed by atoms with Gasteiger partial charge in [-0.25, -0.2) is 0 Å². The van der Waals surface area contributed by atoms with Crippen molar-refractivity contribution in [2.45, 2.75) is 0 Å². The van der Waals surface area contributed by atoms with Crippen molar-refractivity contribution in [2.75, 3.05) is 5.73 Å².